The maximum atomic E-state index is 14.1. The Morgan fingerprint density at radius 3 is 2.65 bits per heavy atom. The second-order valence-corrected chi connectivity index (χ2v) is 6.73. The minimum Gasteiger partial charge on any atom is -0.207 e. The Kier molecular flexibility index (Phi) is 4.07. The standard InChI is InChI=1S/C16H12BrCl2F/c17-13-8-15(20)12(7-14(13)18)16(19)11-5-4-9-2-1-3-10(9)6-11/h4-8,16H,1-3H2. The van der Waals surface area contributed by atoms with E-state index in [1.54, 1.807) is 6.07 Å². The molecule has 0 nitrogen and oxygen atoms in total. The number of hydrogen-bond donors (Lipinski definition) is 0. The SMILES string of the molecule is Fc1cc(Br)c(Cl)cc1C(Cl)c1ccc2c(c1)CCC2. The Bertz CT molecular complexity index is 670. The van der Waals surface area contributed by atoms with E-state index >= 15 is 0 Å². The van der Waals surface area contributed by atoms with Gasteiger partial charge in [0.2, 0.25) is 0 Å². The summed E-state index contributed by atoms with van der Waals surface area (Å²) in [6.45, 7) is 0. The molecular formula is C16H12BrCl2F. The first-order valence-corrected chi connectivity index (χ1v) is 8.07. The number of aryl methyl sites for hydroxylation is 2. The van der Waals surface area contributed by atoms with Gasteiger partial charge in [0.1, 0.15) is 5.82 Å². The maximum Gasteiger partial charge on any atom is 0.129 e. The van der Waals surface area contributed by atoms with Crippen molar-refractivity contribution < 1.29 is 4.39 Å². The van der Waals surface area contributed by atoms with E-state index in [1.807, 2.05) is 6.07 Å². The van der Waals surface area contributed by atoms with Crippen LogP contribution in [0.15, 0.2) is 34.8 Å². The summed E-state index contributed by atoms with van der Waals surface area (Å²) in [6, 6.07) is 9.13. The molecule has 0 heterocycles. The molecule has 0 radical (unpaired) electrons. The van der Waals surface area contributed by atoms with E-state index in [0.717, 1.165) is 18.4 Å². The summed E-state index contributed by atoms with van der Waals surface area (Å²) in [7, 11) is 0. The van der Waals surface area contributed by atoms with Crippen LogP contribution in [0.4, 0.5) is 4.39 Å². The second kappa shape index (κ2) is 5.67. The average Bonchev–Trinajstić information content (AvgIpc) is 2.89. The summed E-state index contributed by atoms with van der Waals surface area (Å²) in [5.41, 5.74) is 4.05. The molecule has 1 atom stereocenters. The molecule has 1 aliphatic carbocycles. The van der Waals surface area contributed by atoms with Crippen molar-refractivity contribution in [2.75, 3.05) is 0 Å². The van der Waals surface area contributed by atoms with E-state index in [4.69, 9.17) is 23.2 Å². The largest absolute Gasteiger partial charge is 0.207 e. The Morgan fingerprint density at radius 1 is 1.10 bits per heavy atom. The zero-order valence-electron chi connectivity index (χ0n) is 10.6. The molecule has 4 heteroatoms. The van der Waals surface area contributed by atoms with Crippen molar-refractivity contribution in [1.82, 2.24) is 0 Å². The molecule has 0 saturated heterocycles. The van der Waals surface area contributed by atoms with Crippen molar-refractivity contribution in [2.24, 2.45) is 0 Å². The van der Waals surface area contributed by atoms with Gasteiger partial charge in [0.15, 0.2) is 0 Å². The molecule has 0 N–H and O–H groups in total. The van der Waals surface area contributed by atoms with Gasteiger partial charge in [0, 0.05) is 10.0 Å². The lowest BCUT2D eigenvalue weighted by Crippen LogP contribution is -1.99. The third-order valence-electron chi connectivity index (χ3n) is 3.73. The zero-order chi connectivity index (χ0) is 14.3. The summed E-state index contributed by atoms with van der Waals surface area (Å²) >= 11 is 15.7. The van der Waals surface area contributed by atoms with Crippen LogP contribution in [0.2, 0.25) is 5.02 Å². The van der Waals surface area contributed by atoms with E-state index in [1.165, 1.54) is 23.6 Å². The Hall–Kier alpha value is -0.570. The molecule has 2 aromatic rings. The number of alkyl halides is 1. The van der Waals surface area contributed by atoms with Gasteiger partial charge in [-0.15, -0.1) is 11.6 Å². The Balaban J connectivity index is 2.00. The first-order chi connectivity index (χ1) is 9.56. The van der Waals surface area contributed by atoms with Crippen molar-refractivity contribution in [3.63, 3.8) is 0 Å². The minimum absolute atomic E-state index is 0.346. The molecule has 20 heavy (non-hydrogen) atoms. The van der Waals surface area contributed by atoms with E-state index in [9.17, 15) is 4.39 Å². The number of rotatable bonds is 2. The van der Waals surface area contributed by atoms with Crippen molar-refractivity contribution in [1.29, 1.82) is 0 Å². The van der Waals surface area contributed by atoms with Gasteiger partial charge < -0.3 is 0 Å². The van der Waals surface area contributed by atoms with Crippen molar-refractivity contribution in [3.05, 3.63) is 67.9 Å². The molecule has 0 spiro atoms. The zero-order valence-corrected chi connectivity index (χ0v) is 13.7. The lowest BCUT2D eigenvalue weighted by molar-refractivity contribution is 0.611. The van der Waals surface area contributed by atoms with Gasteiger partial charge in [0.05, 0.1) is 10.4 Å². The number of fused-ring (bicyclic) bond motifs is 1. The first kappa shape index (κ1) is 14.4. The van der Waals surface area contributed by atoms with Crippen LogP contribution in [-0.2, 0) is 12.8 Å². The minimum atomic E-state index is -0.522. The first-order valence-electron chi connectivity index (χ1n) is 6.46. The van der Waals surface area contributed by atoms with Crippen LogP contribution in [0.1, 0.15) is 34.1 Å². The van der Waals surface area contributed by atoms with Crippen LogP contribution in [0.5, 0.6) is 0 Å². The fraction of sp³-hybridized carbons (Fsp3) is 0.250. The van der Waals surface area contributed by atoms with Crippen LogP contribution in [0, 0.1) is 5.82 Å². The summed E-state index contributed by atoms with van der Waals surface area (Å²) in [5.74, 6) is -0.346. The lowest BCUT2D eigenvalue weighted by atomic mass is 10.00. The summed E-state index contributed by atoms with van der Waals surface area (Å²) in [6.07, 6.45) is 3.39. The summed E-state index contributed by atoms with van der Waals surface area (Å²) in [4.78, 5) is 0. The van der Waals surface area contributed by atoms with Crippen LogP contribution < -0.4 is 0 Å². The molecule has 3 rings (SSSR count). The van der Waals surface area contributed by atoms with Crippen molar-refractivity contribution in [3.8, 4) is 0 Å². The summed E-state index contributed by atoms with van der Waals surface area (Å²) in [5, 5.41) is -0.0558. The van der Waals surface area contributed by atoms with E-state index in [-0.39, 0.29) is 5.82 Å². The molecular weight excluding hydrogens is 362 g/mol. The number of hydrogen-bond acceptors (Lipinski definition) is 0. The average molecular weight is 374 g/mol. The van der Waals surface area contributed by atoms with Gasteiger partial charge in [-0.2, -0.15) is 0 Å². The molecule has 0 saturated carbocycles. The van der Waals surface area contributed by atoms with Gasteiger partial charge in [-0.1, -0.05) is 29.8 Å². The van der Waals surface area contributed by atoms with Gasteiger partial charge in [-0.05, 0) is 64.0 Å². The normalized spacial score (nSPS) is 15.2. The molecule has 0 aromatic heterocycles. The smallest absolute Gasteiger partial charge is 0.129 e. The maximum absolute atomic E-state index is 14.1. The highest BCUT2D eigenvalue weighted by Gasteiger charge is 2.19. The van der Waals surface area contributed by atoms with Crippen LogP contribution in [0.3, 0.4) is 0 Å². The van der Waals surface area contributed by atoms with Crippen molar-refractivity contribution >= 4 is 39.1 Å². The molecule has 2 aromatic carbocycles. The molecule has 0 bridgehead atoms. The molecule has 104 valence electrons. The monoisotopic (exact) mass is 372 g/mol. The molecule has 1 unspecified atom stereocenters. The van der Waals surface area contributed by atoms with E-state index in [0.29, 0.717) is 15.1 Å². The van der Waals surface area contributed by atoms with Gasteiger partial charge in [-0.25, -0.2) is 4.39 Å². The third kappa shape index (κ3) is 2.61. The van der Waals surface area contributed by atoms with Crippen LogP contribution in [-0.4, -0.2) is 0 Å². The highest BCUT2D eigenvalue weighted by Crippen LogP contribution is 2.36. The predicted octanol–water partition coefficient (Wildman–Crippen LogP) is 6.06. The fourth-order valence-corrected chi connectivity index (χ4v) is 3.45. The predicted molar refractivity (Wildman–Crippen MR) is 85.3 cm³/mol. The molecule has 0 fully saturated rings. The quantitative estimate of drug-likeness (QED) is 0.443. The molecule has 1 aliphatic rings. The lowest BCUT2D eigenvalue weighted by Gasteiger charge is -2.14. The van der Waals surface area contributed by atoms with Gasteiger partial charge in [0.25, 0.3) is 0 Å². The van der Waals surface area contributed by atoms with Gasteiger partial charge >= 0.3 is 0 Å². The van der Waals surface area contributed by atoms with Crippen molar-refractivity contribution in [2.45, 2.75) is 24.6 Å². The van der Waals surface area contributed by atoms with Crippen LogP contribution >= 0.6 is 39.1 Å². The Morgan fingerprint density at radius 2 is 1.85 bits per heavy atom. The highest BCUT2D eigenvalue weighted by atomic mass is 79.9. The third-order valence-corrected chi connectivity index (χ3v) is 5.41. The van der Waals surface area contributed by atoms with Gasteiger partial charge in [-0.3, -0.25) is 0 Å². The van der Waals surface area contributed by atoms with Crippen LogP contribution in [0.25, 0.3) is 0 Å². The topological polar surface area (TPSA) is 0 Å². The second-order valence-electron chi connectivity index (χ2n) is 5.03. The number of halogens is 4. The molecule has 0 amide bonds. The fourth-order valence-electron chi connectivity index (χ4n) is 2.66. The molecule has 0 aliphatic heterocycles. The highest BCUT2D eigenvalue weighted by molar-refractivity contribution is 9.10. The van der Waals surface area contributed by atoms with E-state index < -0.39 is 5.38 Å². The number of benzene rings is 2. The Labute approximate surface area is 136 Å². The summed E-state index contributed by atoms with van der Waals surface area (Å²) < 4.78 is 14.6. The van der Waals surface area contributed by atoms with E-state index in [2.05, 4.69) is 28.1 Å².